The molecule has 0 atom stereocenters. The van der Waals surface area contributed by atoms with Gasteiger partial charge in [-0.25, -0.2) is 0 Å². The Morgan fingerprint density at radius 2 is 1.00 bits per heavy atom. The molecule has 0 unspecified atom stereocenters. The third-order valence-corrected chi connectivity index (χ3v) is 4.43. The van der Waals surface area contributed by atoms with E-state index in [0.29, 0.717) is 34.1 Å². The molecule has 0 radical (unpaired) electrons. The number of rotatable bonds is 6. The van der Waals surface area contributed by atoms with Gasteiger partial charge in [-0.15, -0.1) is 0 Å². The Bertz CT molecular complexity index is 876. The third kappa shape index (κ3) is 3.49. The Hall–Kier alpha value is -3.34. The monoisotopic (exact) mass is 366 g/mol. The van der Waals surface area contributed by atoms with Gasteiger partial charge in [0.1, 0.15) is 28.7 Å². The zero-order valence-corrected chi connectivity index (χ0v) is 15.8. The molecule has 0 aliphatic heterocycles. The highest BCUT2D eigenvalue weighted by Crippen LogP contribution is 2.45. The van der Waals surface area contributed by atoms with Crippen molar-refractivity contribution < 1.29 is 24.1 Å². The number of phenolic OH excluding ortho intramolecular Hbond substituents is 1. The summed E-state index contributed by atoms with van der Waals surface area (Å²) in [6, 6.07) is 16.5. The van der Waals surface area contributed by atoms with E-state index in [1.807, 2.05) is 54.6 Å². The number of benzene rings is 3. The normalized spacial score (nSPS) is 10.4. The Kier molecular flexibility index (Phi) is 5.41. The van der Waals surface area contributed by atoms with Gasteiger partial charge in [-0.3, -0.25) is 0 Å². The zero-order chi connectivity index (χ0) is 19.4. The molecule has 0 bridgehead atoms. The predicted molar refractivity (Wildman–Crippen MR) is 105 cm³/mol. The number of hydrogen-bond acceptors (Lipinski definition) is 5. The first-order valence-electron chi connectivity index (χ1n) is 8.39. The summed E-state index contributed by atoms with van der Waals surface area (Å²) in [6.45, 7) is 0. The van der Waals surface area contributed by atoms with Gasteiger partial charge in [0.15, 0.2) is 0 Å². The van der Waals surface area contributed by atoms with Crippen LogP contribution in [0.3, 0.4) is 0 Å². The molecule has 0 saturated heterocycles. The summed E-state index contributed by atoms with van der Waals surface area (Å²) in [5.41, 5.74) is 2.73. The van der Waals surface area contributed by atoms with Crippen molar-refractivity contribution in [3.05, 3.63) is 54.6 Å². The molecule has 1 N–H and O–H groups in total. The van der Waals surface area contributed by atoms with Gasteiger partial charge in [0.05, 0.1) is 28.4 Å². The maximum atomic E-state index is 11.1. The highest BCUT2D eigenvalue weighted by Gasteiger charge is 2.18. The van der Waals surface area contributed by atoms with Gasteiger partial charge in [-0.05, 0) is 36.4 Å². The molecule has 140 valence electrons. The van der Waals surface area contributed by atoms with Crippen molar-refractivity contribution in [1.82, 2.24) is 0 Å². The van der Waals surface area contributed by atoms with Crippen LogP contribution in [0.4, 0.5) is 0 Å². The number of ether oxygens (including phenoxy) is 4. The molecule has 0 aromatic heterocycles. The molecule has 3 aromatic carbocycles. The standard InChI is InChI=1S/C22H22O5/c1-24-14-8-10-20(26-3)18(12-14)16-6-5-7-17(22(16)23)19-13-15(25-2)9-11-21(19)27-4/h5-13,23H,1-4H3. The minimum absolute atomic E-state index is 0.121. The van der Waals surface area contributed by atoms with E-state index in [-0.39, 0.29) is 5.75 Å². The maximum absolute atomic E-state index is 11.1. The van der Waals surface area contributed by atoms with Crippen LogP contribution in [0.2, 0.25) is 0 Å². The average Bonchev–Trinajstić information content (AvgIpc) is 2.73. The molecule has 27 heavy (non-hydrogen) atoms. The molecular weight excluding hydrogens is 344 g/mol. The second-order valence-corrected chi connectivity index (χ2v) is 5.83. The molecule has 0 spiro atoms. The van der Waals surface area contributed by atoms with E-state index in [1.165, 1.54) is 0 Å². The first-order chi connectivity index (χ1) is 13.1. The van der Waals surface area contributed by atoms with Crippen LogP contribution >= 0.6 is 0 Å². The van der Waals surface area contributed by atoms with Crippen LogP contribution < -0.4 is 18.9 Å². The molecule has 0 saturated carbocycles. The highest BCUT2D eigenvalue weighted by molar-refractivity contribution is 5.87. The lowest BCUT2D eigenvalue weighted by Crippen LogP contribution is -1.93. The van der Waals surface area contributed by atoms with Crippen LogP contribution in [-0.2, 0) is 0 Å². The Balaban J connectivity index is 2.22. The fourth-order valence-electron chi connectivity index (χ4n) is 3.03. The quantitative estimate of drug-likeness (QED) is 0.682. The van der Waals surface area contributed by atoms with Crippen LogP contribution in [0, 0.1) is 0 Å². The van der Waals surface area contributed by atoms with E-state index in [0.717, 1.165) is 11.1 Å². The molecule has 0 heterocycles. The molecular formula is C22H22O5. The molecule has 5 nitrogen and oxygen atoms in total. The van der Waals surface area contributed by atoms with Crippen LogP contribution in [0.25, 0.3) is 22.3 Å². The fraction of sp³-hybridized carbons (Fsp3) is 0.182. The van der Waals surface area contributed by atoms with E-state index in [4.69, 9.17) is 18.9 Å². The van der Waals surface area contributed by atoms with Gasteiger partial charge in [0.25, 0.3) is 0 Å². The van der Waals surface area contributed by atoms with Crippen molar-refractivity contribution in [2.24, 2.45) is 0 Å². The summed E-state index contributed by atoms with van der Waals surface area (Å²) in [5, 5.41) is 11.1. The highest BCUT2D eigenvalue weighted by atomic mass is 16.5. The van der Waals surface area contributed by atoms with Gasteiger partial charge in [-0.2, -0.15) is 0 Å². The minimum Gasteiger partial charge on any atom is -0.507 e. The van der Waals surface area contributed by atoms with E-state index in [1.54, 1.807) is 28.4 Å². The lowest BCUT2D eigenvalue weighted by atomic mass is 9.96. The van der Waals surface area contributed by atoms with E-state index in [9.17, 15) is 5.11 Å². The van der Waals surface area contributed by atoms with Gasteiger partial charge in [0, 0.05) is 22.3 Å². The van der Waals surface area contributed by atoms with Gasteiger partial charge >= 0.3 is 0 Å². The topological polar surface area (TPSA) is 57.2 Å². The van der Waals surface area contributed by atoms with Crippen molar-refractivity contribution >= 4 is 0 Å². The number of methoxy groups -OCH3 is 4. The fourth-order valence-corrected chi connectivity index (χ4v) is 3.03. The second-order valence-electron chi connectivity index (χ2n) is 5.83. The average molecular weight is 366 g/mol. The molecule has 5 heteroatoms. The second kappa shape index (κ2) is 7.91. The minimum atomic E-state index is 0.121. The number of aromatic hydroxyl groups is 1. The zero-order valence-electron chi connectivity index (χ0n) is 15.8. The molecule has 0 aliphatic rings. The van der Waals surface area contributed by atoms with E-state index in [2.05, 4.69) is 0 Å². The lowest BCUT2D eigenvalue weighted by molar-refractivity contribution is 0.403. The summed E-state index contributed by atoms with van der Waals surface area (Å²) >= 11 is 0. The molecule has 0 amide bonds. The smallest absolute Gasteiger partial charge is 0.131 e. The predicted octanol–water partition coefficient (Wildman–Crippen LogP) is 4.76. The first-order valence-corrected chi connectivity index (χ1v) is 8.39. The number of phenols is 1. The third-order valence-electron chi connectivity index (χ3n) is 4.43. The summed E-state index contributed by atoms with van der Waals surface area (Å²) in [4.78, 5) is 0. The van der Waals surface area contributed by atoms with E-state index >= 15 is 0 Å². The van der Waals surface area contributed by atoms with Gasteiger partial charge in [-0.1, -0.05) is 18.2 Å². The van der Waals surface area contributed by atoms with Crippen molar-refractivity contribution in [2.75, 3.05) is 28.4 Å². The first kappa shape index (κ1) is 18.5. The van der Waals surface area contributed by atoms with E-state index < -0.39 is 0 Å². The van der Waals surface area contributed by atoms with Crippen LogP contribution in [-0.4, -0.2) is 33.5 Å². The van der Waals surface area contributed by atoms with Gasteiger partial charge in [0.2, 0.25) is 0 Å². The van der Waals surface area contributed by atoms with Crippen LogP contribution in [0.5, 0.6) is 28.7 Å². The summed E-state index contributed by atoms with van der Waals surface area (Å²) < 4.78 is 21.6. The van der Waals surface area contributed by atoms with Crippen molar-refractivity contribution in [3.63, 3.8) is 0 Å². The van der Waals surface area contributed by atoms with Crippen molar-refractivity contribution in [2.45, 2.75) is 0 Å². The maximum Gasteiger partial charge on any atom is 0.131 e. The Morgan fingerprint density at radius 1 is 0.556 bits per heavy atom. The summed E-state index contributed by atoms with van der Waals surface area (Å²) in [5.74, 6) is 2.75. The summed E-state index contributed by atoms with van der Waals surface area (Å²) in [6.07, 6.45) is 0. The van der Waals surface area contributed by atoms with Gasteiger partial charge < -0.3 is 24.1 Å². The van der Waals surface area contributed by atoms with Crippen molar-refractivity contribution in [3.8, 4) is 51.0 Å². The molecule has 3 rings (SSSR count). The number of para-hydroxylation sites is 1. The Morgan fingerprint density at radius 3 is 1.37 bits per heavy atom. The van der Waals surface area contributed by atoms with Crippen molar-refractivity contribution in [1.29, 1.82) is 0 Å². The Labute approximate surface area is 158 Å². The lowest BCUT2D eigenvalue weighted by Gasteiger charge is -2.16. The largest absolute Gasteiger partial charge is 0.507 e. The van der Waals surface area contributed by atoms with Crippen LogP contribution in [0.15, 0.2) is 54.6 Å². The molecule has 0 fully saturated rings. The SMILES string of the molecule is COc1ccc(OC)c(-c2cccc(-c3cc(OC)ccc3OC)c2O)c1. The number of hydrogen-bond donors (Lipinski definition) is 1. The summed E-state index contributed by atoms with van der Waals surface area (Å²) in [7, 11) is 6.39. The molecule has 3 aromatic rings. The molecule has 0 aliphatic carbocycles. The van der Waals surface area contributed by atoms with Crippen LogP contribution in [0.1, 0.15) is 0 Å².